The third kappa shape index (κ3) is 3.18. The van der Waals surface area contributed by atoms with Gasteiger partial charge in [0.1, 0.15) is 5.82 Å². The summed E-state index contributed by atoms with van der Waals surface area (Å²) >= 11 is 0. The van der Waals surface area contributed by atoms with Gasteiger partial charge >= 0.3 is 6.03 Å². The SMILES string of the molecule is Cc1ccc(NC(=O)N2CCn3ncc(-c4ccc(F)cc4)c3C2)cc1. The van der Waals surface area contributed by atoms with Crippen LogP contribution in [0.1, 0.15) is 11.3 Å². The standard InChI is InChI=1S/C20H19FN4O/c1-14-2-8-17(9-3-14)23-20(26)24-10-11-25-19(13-24)18(12-22-25)15-4-6-16(21)7-5-15/h2-9,12H,10-11,13H2,1H3,(H,23,26). The first kappa shape index (κ1) is 16.3. The summed E-state index contributed by atoms with van der Waals surface area (Å²) in [6.07, 6.45) is 1.78. The van der Waals surface area contributed by atoms with E-state index in [9.17, 15) is 9.18 Å². The van der Waals surface area contributed by atoms with Crippen molar-refractivity contribution in [3.8, 4) is 11.1 Å². The number of fused-ring (bicyclic) bond motifs is 1. The maximum absolute atomic E-state index is 13.2. The highest BCUT2D eigenvalue weighted by Gasteiger charge is 2.24. The van der Waals surface area contributed by atoms with E-state index in [-0.39, 0.29) is 11.8 Å². The fourth-order valence-electron chi connectivity index (χ4n) is 3.13. The number of aryl methyl sites for hydroxylation is 1. The number of rotatable bonds is 2. The van der Waals surface area contributed by atoms with Crippen molar-refractivity contribution in [3.05, 3.63) is 71.8 Å². The topological polar surface area (TPSA) is 50.2 Å². The second-order valence-electron chi connectivity index (χ2n) is 6.45. The molecule has 5 nitrogen and oxygen atoms in total. The van der Waals surface area contributed by atoms with Gasteiger partial charge in [0.25, 0.3) is 0 Å². The number of hydrogen-bond acceptors (Lipinski definition) is 2. The second-order valence-corrected chi connectivity index (χ2v) is 6.45. The fourth-order valence-corrected chi connectivity index (χ4v) is 3.13. The fraction of sp³-hybridized carbons (Fsp3) is 0.200. The molecule has 1 aliphatic heterocycles. The highest BCUT2D eigenvalue weighted by atomic mass is 19.1. The van der Waals surface area contributed by atoms with Crippen molar-refractivity contribution in [1.29, 1.82) is 0 Å². The Kier molecular flexibility index (Phi) is 4.16. The molecule has 2 amide bonds. The summed E-state index contributed by atoms with van der Waals surface area (Å²) in [5.74, 6) is -0.270. The lowest BCUT2D eigenvalue weighted by molar-refractivity contribution is 0.194. The first-order valence-electron chi connectivity index (χ1n) is 8.53. The average molecular weight is 350 g/mol. The molecule has 0 radical (unpaired) electrons. The average Bonchev–Trinajstić information content (AvgIpc) is 3.07. The van der Waals surface area contributed by atoms with Gasteiger partial charge in [0.05, 0.1) is 25.0 Å². The summed E-state index contributed by atoms with van der Waals surface area (Å²) in [5, 5.41) is 7.34. The van der Waals surface area contributed by atoms with Crippen LogP contribution >= 0.6 is 0 Å². The maximum atomic E-state index is 13.2. The number of carbonyl (C=O) groups is 1. The summed E-state index contributed by atoms with van der Waals surface area (Å²) < 4.78 is 15.1. The van der Waals surface area contributed by atoms with Crippen LogP contribution in [0.4, 0.5) is 14.9 Å². The van der Waals surface area contributed by atoms with Crippen molar-refractivity contribution in [2.24, 2.45) is 0 Å². The quantitative estimate of drug-likeness (QED) is 0.758. The largest absolute Gasteiger partial charge is 0.322 e. The van der Waals surface area contributed by atoms with Crippen molar-refractivity contribution in [2.75, 3.05) is 11.9 Å². The molecule has 4 rings (SSSR count). The maximum Gasteiger partial charge on any atom is 0.322 e. The zero-order valence-corrected chi connectivity index (χ0v) is 14.4. The lowest BCUT2D eigenvalue weighted by Crippen LogP contribution is -2.41. The number of nitrogens with zero attached hydrogens (tertiary/aromatic N) is 3. The molecular formula is C20H19FN4O. The van der Waals surface area contributed by atoms with Crippen LogP contribution in [0.25, 0.3) is 11.1 Å². The van der Waals surface area contributed by atoms with Gasteiger partial charge in [-0.1, -0.05) is 29.8 Å². The summed E-state index contributed by atoms with van der Waals surface area (Å²) in [7, 11) is 0. The number of aromatic nitrogens is 2. The normalized spacial score (nSPS) is 13.4. The second kappa shape index (κ2) is 6.63. The van der Waals surface area contributed by atoms with E-state index in [0.717, 1.165) is 28.1 Å². The molecule has 26 heavy (non-hydrogen) atoms. The number of hydrogen-bond donors (Lipinski definition) is 1. The van der Waals surface area contributed by atoms with Crippen molar-refractivity contribution in [1.82, 2.24) is 14.7 Å². The number of carbonyl (C=O) groups excluding carboxylic acids is 1. The number of nitrogens with one attached hydrogen (secondary N) is 1. The monoisotopic (exact) mass is 350 g/mol. The first-order chi connectivity index (χ1) is 12.6. The number of amides is 2. The molecule has 3 aromatic rings. The van der Waals surface area contributed by atoms with Gasteiger partial charge in [-0.15, -0.1) is 0 Å². The van der Waals surface area contributed by atoms with Gasteiger partial charge in [-0.3, -0.25) is 4.68 Å². The zero-order chi connectivity index (χ0) is 18.1. The van der Waals surface area contributed by atoms with Crippen LogP contribution in [0.15, 0.2) is 54.7 Å². The van der Waals surface area contributed by atoms with E-state index in [1.165, 1.54) is 12.1 Å². The smallest absolute Gasteiger partial charge is 0.317 e. The Balaban J connectivity index is 1.53. The Morgan fingerprint density at radius 2 is 1.81 bits per heavy atom. The highest BCUT2D eigenvalue weighted by Crippen LogP contribution is 2.27. The molecule has 0 fully saturated rings. The highest BCUT2D eigenvalue weighted by molar-refractivity contribution is 5.89. The Labute approximate surface area is 151 Å². The van der Waals surface area contributed by atoms with Crippen LogP contribution in [0.2, 0.25) is 0 Å². The molecule has 1 N–H and O–H groups in total. The van der Waals surface area contributed by atoms with Crippen LogP contribution < -0.4 is 5.32 Å². The van der Waals surface area contributed by atoms with Gasteiger partial charge in [0, 0.05) is 17.8 Å². The molecule has 0 aliphatic carbocycles. The van der Waals surface area contributed by atoms with Crippen LogP contribution in [-0.2, 0) is 13.1 Å². The molecular weight excluding hydrogens is 331 g/mol. The van der Waals surface area contributed by atoms with Gasteiger partial charge < -0.3 is 10.2 Å². The van der Waals surface area contributed by atoms with Gasteiger partial charge in [-0.05, 0) is 36.8 Å². The zero-order valence-electron chi connectivity index (χ0n) is 14.4. The Morgan fingerprint density at radius 3 is 2.54 bits per heavy atom. The van der Waals surface area contributed by atoms with Crippen molar-refractivity contribution in [2.45, 2.75) is 20.0 Å². The van der Waals surface area contributed by atoms with Gasteiger partial charge in [-0.25, -0.2) is 9.18 Å². The molecule has 132 valence electrons. The minimum absolute atomic E-state index is 0.133. The molecule has 2 heterocycles. The molecule has 0 bridgehead atoms. The Hall–Kier alpha value is -3.15. The minimum Gasteiger partial charge on any atom is -0.317 e. The predicted octanol–water partition coefficient (Wildman–Crippen LogP) is 4.05. The van der Waals surface area contributed by atoms with E-state index in [4.69, 9.17) is 0 Å². The molecule has 0 unspecified atom stereocenters. The van der Waals surface area contributed by atoms with E-state index in [0.29, 0.717) is 19.6 Å². The molecule has 0 spiro atoms. The third-order valence-electron chi connectivity index (χ3n) is 4.62. The molecule has 0 saturated heterocycles. The van der Waals surface area contributed by atoms with Gasteiger partial charge in [0.15, 0.2) is 0 Å². The summed E-state index contributed by atoms with van der Waals surface area (Å²) in [5.41, 5.74) is 4.71. The van der Waals surface area contributed by atoms with Crippen LogP contribution in [0.5, 0.6) is 0 Å². The molecule has 0 atom stereocenters. The Bertz CT molecular complexity index is 931. The van der Waals surface area contributed by atoms with Crippen molar-refractivity contribution in [3.63, 3.8) is 0 Å². The van der Waals surface area contributed by atoms with Crippen molar-refractivity contribution >= 4 is 11.7 Å². The van der Waals surface area contributed by atoms with Crippen LogP contribution in [0.3, 0.4) is 0 Å². The van der Waals surface area contributed by atoms with Gasteiger partial charge in [0.2, 0.25) is 0 Å². The molecule has 2 aromatic carbocycles. The lowest BCUT2D eigenvalue weighted by atomic mass is 10.1. The number of benzene rings is 2. The van der Waals surface area contributed by atoms with E-state index in [1.54, 1.807) is 23.2 Å². The number of anilines is 1. The van der Waals surface area contributed by atoms with Crippen LogP contribution in [-0.4, -0.2) is 27.3 Å². The van der Waals surface area contributed by atoms with E-state index in [1.807, 2.05) is 35.9 Å². The summed E-state index contributed by atoms with van der Waals surface area (Å²) in [6, 6.07) is 13.9. The predicted molar refractivity (Wildman–Crippen MR) is 98.2 cm³/mol. The lowest BCUT2D eigenvalue weighted by Gasteiger charge is -2.28. The van der Waals surface area contributed by atoms with Crippen molar-refractivity contribution < 1.29 is 9.18 Å². The summed E-state index contributed by atoms with van der Waals surface area (Å²) in [4.78, 5) is 14.4. The molecule has 1 aliphatic rings. The number of urea groups is 1. The van der Waals surface area contributed by atoms with Gasteiger partial charge in [-0.2, -0.15) is 5.10 Å². The van der Waals surface area contributed by atoms with Crippen LogP contribution in [0, 0.1) is 12.7 Å². The molecule has 0 saturated carbocycles. The third-order valence-corrected chi connectivity index (χ3v) is 4.62. The molecule has 6 heteroatoms. The van der Waals surface area contributed by atoms with E-state index >= 15 is 0 Å². The van der Waals surface area contributed by atoms with E-state index < -0.39 is 0 Å². The Morgan fingerprint density at radius 1 is 1.08 bits per heavy atom. The first-order valence-corrected chi connectivity index (χ1v) is 8.53. The van der Waals surface area contributed by atoms with E-state index in [2.05, 4.69) is 10.4 Å². The molecule has 1 aromatic heterocycles. The number of halogens is 1. The minimum atomic E-state index is -0.270. The summed E-state index contributed by atoms with van der Waals surface area (Å²) in [6.45, 7) is 3.70.